The molecule has 0 aromatic heterocycles. The maximum atomic E-state index is 12.6. The number of rotatable bonds is 7. The quantitative estimate of drug-likeness (QED) is 0.524. The summed E-state index contributed by atoms with van der Waals surface area (Å²) in [6.07, 6.45) is 3.28. The minimum absolute atomic E-state index is 0.277. The third-order valence-corrected chi connectivity index (χ3v) is 5.28. The van der Waals surface area contributed by atoms with Gasteiger partial charge in [-0.05, 0) is 61.0 Å². The van der Waals surface area contributed by atoms with E-state index in [2.05, 4.69) is 11.9 Å². The Morgan fingerprint density at radius 1 is 1.17 bits per heavy atom. The number of nitrogens with zero attached hydrogens (tertiary/aromatic N) is 1. The first kappa shape index (κ1) is 21.4. The highest BCUT2D eigenvalue weighted by atomic mass is 32.2. The van der Waals surface area contributed by atoms with Crippen molar-refractivity contribution in [3.63, 3.8) is 0 Å². The van der Waals surface area contributed by atoms with Crippen LogP contribution >= 0.6 is 11.8 Å². The van der Waals surface area contributed by atoms with E-state index in [1.807, 2.05) is 26.0 Å². The molecule has 0 aliphatic carbocycles. The van der Waals surface area contributed by atoms with Gasteiger partial charge in [-0.3, -0.25) is 19.3 Å². The molecule has 0 unspecified atom stereocenters. The fourth-order valence-electron chi connectivity index (χ4n) is 2.89. The molecule has 154 valence electrons. The number of ether oxygens (including phenoxy) is 1. The fraction of sp³-hybridized carbons (Fsp3) is 0.174. The van der Waals surface area contributed by atoms with Crippen molar-refractivity contribution >= 4 is 40.6 Å². The van der Waals surface area contributed by atoms with Gasteiger partial charge in [0.2, 0.25) is 5.91 Å². The molecule has 1 aliphatic rings. The molecular weight excluding hydrogens is 400 g/mol. The number of carbonyl (C=O) groups excluding carboxylic acids is 3. The van der Waals surface area contributed by atoms with Crippen molar-refractivity contribution < 1.29 is 19.1 Å². The molecule has 0 bridgehead atoms. The molecule has 1 heterocycles. The number of amides is 3. The van der Waals surface area contributed by atoms with Crippen molar-refractivity contribution in [3.8, 4) is 5.75 Å². The van der Waals surface area contributed by atoms with Crippen LogP contribution in [0.15, 0.2) is 60.0 Å². The van der Waals surface area contributed by atoms with Crippen molar-refractivity contribution in [2.45, 2.75) is 13.8 Å². The summed E-state index contributed by atoms with van der Waals surface area (Å²) in [6, 6.07) is 12.8. The van der Waals surface area contributed by atoms with Gasteiger partial charge in [-0.2, -0.15) is 0 Å². The highest BCUT2D eigenvalue weighted by molar-refractivity contribution is 8.18. The highest BCUT2D eigenvalue weighted by Gasteiger charge is 2.36. The summed E-state index contributed by atoms with van der Waals surface area (Å²) >= 11 is 0.822. The molecule has 0 radical (unpaired) electrons. The minimum atomic E-state index is -0.479. The van der Waals surface area contributed by atoms with Crippen molar-refractivity contribution in [3.05, 3.63) is 76.7 Å². The van der Waals surface area contributed by atoms with Crippen molar-refractivity contribution in [1.29, 1.82) is 0 Å². The SMILES string of the molecule is C=CCOc1ccc(/C=C2/SC(=O)N(CC(=O)Nc3ccc(C)cc3C)C2=O)cc1. The zero-order valence-corrected chi connectivity index (χ0v) is 17.6. The van der Waals surface area contributed by atoms with Crippen LogP contribution in [0.2, 0.25) is 0 Å². The lowest BCUT2D eigenvalue weighted by atomic mass is 10.1. The zero-order valence-electron chi connectivity index (χ0n) is 16.8. The summed E-state index contributed by atoms with van der Waals surface area (Å²) < 4.78 is 5.43. The topological polar surface area (TPSA) is 75.7 Å². The number of hydrogen-bond donors (Lipinski definition) is 1. The van der Waals surface area contributed by atoms with Crippen LogP contribution in [0.3, 0.4) is 0 Å². The summed E-state index contributed by atoms with van der Waals surface area (Å²) in [5.74, 6) is -0.217. The minimum Gasteiger partial charge on any atom is -0.490 e. The molecule has 2 aromatic carbocycles. The Labute approximate surface area is 179 Å². The predicted molar refractivity (Wildman–Crippen MR) is 119 cm³/mol. The van der Waals surface area contributed by atoms with Crippen LogP contribution in [0.4, 0.5) is 10.5 Å². The van der Waals surface area contributed by atoms with E-state index in [4.69, 9.17) is 4.74 Å². The van der Waals surface area contributed by atoms with E-state index in [1.165, 1.54) is 0 Å². The van der Waals surface area contributed by atoms with Gasteiger partial charge in [0.05, 0.1) is 4.91 Å². The lowest BCUT2D eigenvalue weighted by molar-refractivity contribution is -0.127. The van der Waals surface area contributed by atoms with Gasteiger partial charge in [0.1, 0.15) is 18.9 Å². The maximum Gasteiger partial charge on any atom is 0.294 e. The molecule has 1 N–H and O–H groups in total. The number of hydrogen-bond acceptors (Lipinski definition) is 5. The Kier molecular flexibility index (Phi) is 6.74. The molecule has 3 rings (SSSR count). The van der Waals surface area contributed by atoms with Gasteiger partial charge >= 0.3 is 0 Å². The molecule has 2 aromatic rings. The first-order chi connectivity index (χ1) is 14.4. The molecule has 6 nitrogen and oxygen atoms in total. The van der Waals surface area contributed by atoms with E-state index in [1.54, 1.807) is 42.5 Å². The largest absolute Gasteiger partial charge is 0.490 e. The van der Waals surface area contributed by atoms with Crippen LogP contribution in [0.25, 0.3) is 6.08 Å². The van der Waals surface area contributed by atoms with Crippen molar-refractivity contribution in [2.75, 3.05) is 18.5 Å². The number of thioether (sulfide) groups is 1. The Hall–Kier alpha value is -3.32. The van der Waals surface area contributed by atoms with Crippen LogP contribution in [-0.2, 0) is 9.59 Å². The van der Waals surface area contributed by atoms with Crippen LogP contribution in [0, 0.1) is 13.8 Å². The van der Waals surface area contributed by atoms with Gasteiger partial charge in [-0.15, -0.1) is 0 Å². The molecule has 30 heavy (non-hydrogen) atoms. The van der Waals surface area contributed by atoms with E-state index in [0.29, 0.717) is 18.0 Å². The second-order valence-corrected chi connectivity index (χ2v) is 7.80. The van der Waals surface area contributed by atoms with E-state index in [-0.39, 0.29) is 11.4 Å². The summed E-state index contributed by atoms with van der Waals surface area (Å²) in [5, 5.41) is 2.29. The molecule has 7 heteroatoms. The summed E-state index contributed by atoms with van der Waals surface area (Å²) in [6.45, 7) is 7.52. The van der Waals surface area contributed by atoms with Crippen LogP contribution in [0.1, 0.15) is 16.7 Å². The molecular formula is C23H22N2O4S. The van der Waals surface area contributed by atoms with E-state index in [0.717, 1.165) is 33.4 Å². The van der Waals surface area contributed by atoms with E-state index in [9.17, 15) is 14.4 Å². The predicted octanol–water partition coefficient (Wildman–Crippen LogP) is 4.54. The highest BCUT2D eigenvalue weighted by Crippen LogP contribution is 2.32. The standard InChI is InChI=1S/C23H22N2O4S/c1-4-11-29-18-8-6-17(7-9-18)13-20-22(27)25(23(28)30-20)14-21(26)24-19-10-5-15(2)12-16(19)3/h4-10,12-13H,1,11,14H2,2-3H3,(H,24,26)/b20-13+. The Morgan fingerprint density at radius 3 is 2.57 bits per heavy atom. The number of benzene rings is 2. The van der Waals surface area contributed by atoms with Gasteiger partial charge in [-0.1, -0.05) is 42.5 Å². The average molecular weight is 423 g/mol. The van der Waals surface area contributed by atoms with Crippen LogP contribution in [-0.4, -0.2) is 35.1 Å². The molecule has 1 saturated heterocycles. The summed E-state index contributed by atoms with van der Waals surface area (Å²) in [5.41, 5.74) is 3.41. The Morgan fingerprint density at radius 2 is 1.90 bits per heavy atom. The van der Waals surface area contributed by atoms with Crippen molar-refractivity contribution in [1.82, 2.24) is 4.90 Å². The van der Waals surface area contributed by atoms with E-state index < -0.39 is 17.1 Å². The first-order valence-corrected chi connectivity index (χ1v) is 10.2. The smallest absolute Gasteiger partial charge is 0.294 e. The van der Waals surface area contributed by atoms with Gasteiger partial charge in [-0.25, -0.2) is 0 Å². The van der Waals surface area contributed by atoms with Gasteiger partial charge in [0.25, 0.3) is 11.1 Å². The number of carbonyl (C=O) groups is 3. The molecule has 0 atom stereocenters. The van der Waals surface area contributed by atoms with Crippen LogP contribution < -0.4 is 10.1 Å². The van der Waals surface area contributed by atoms with Gasteiger partial charge < -0.3 is 10.1 Å². The Bertz CT molecular complexity index is 1030. The van der Waals surface area contributed by atoms with E-state index >= 15 is 0 Å². The second-order valence-electron chi connectivity index (χ2n) is 6.80. The van der Waals surface area contributed by atoms with Crippen LogP contribution in [0.5, 0.6) is 5.75 Å². The second kappa shape index (κ2) is 9.45. The molecule has 0 saturated carbocycles. The molecule has 1 fully saturated rings. The monoisotopic (exact) mass is 422 g/mol. The number of anilines is 1. The number of nitrogens with one attached hydrogen (secondary N) is 1. The fourth-order valence-corrected chi connectivity index (χ4v) is 3.73. The average Bonchev–Trinajstić information content (AvgIpc) is 2.97. The number of aryl methyl sites for hydroxylation is 2. The summed E-state index contributed by atoms with van der Waals surface area (Å²) in [4.78, 5) is 38.5. The van der Waals surface area contributed by atoms with Gasteiger partial charge in [0, 0.05) is 5.69 Å². The normalized spacial score (nSPS) is 14.9. The third kappa shape index (κ3) is 5.18. The molecule has 1 aliphatic heterocycles. The zero-order chi connectivity index (χ0) is 21.7. The Balaban J connectivity index is 1.66. The first-order valence-electron chi connectivity index (χ1n) is 9.33. The third-order valence-electron chi connectivity index (χ3n) is 4.38. The number of imide groups is 1. The lowest BCUT2D eigenvalue weighted by Gasteiger charge is -2.14. The maximum absolute atomic E-state index is 12.6. The van der Waals surface area contributed by atoms with Gasteiger partial charge in [0.15, 0.2) is 0 Å². The molecule has 0 spiro atoms. The summed E-state index contributed by atoms with van der Waals surface area (Å²) in [7, 11) is 0. The molecule has 3 amide bonds. The lowest BCUT2D eigenvalue weighted by Crippen LogP contribution is -2.36. The van der Waals surface area contributed by atoms with Crippen molar-refractivity contribution in [2.24, 2.45) is 0 Å².